The van der Waals surface area contributed by atoms with Crippen molar-refractivity contribution in [2.24, 2.45) is 0 Å². The first kappa shape index (κ1) is 19.1. The van der Waals surface area contributed by atoms with Crippen molar-refractivity contribution < 1.29 is 15.0 Å². The molecule has 2 aliphatic heterocycles. The number of benzene rings is 2. The number of piperidine rings is 1. The molecule has 1 atom stereocenters. The number of hydrogen-bond donors (Lipinski definition) is 3. The molecule has 0 saturated carbocycles. The molecule has 2 aliphatic rings. The quantitative estimate of drug-likeness (QED) is 0.762. The molecular weight excluding hydrogens is 352 g/mol. The van der Waals surface area contributed by atoms with Crippen LogP contribution in [0.15, 0.2) is 42.5 Å². The molecule has 3 N–H and O–H groups in total. The van der Waals surface area contributed by atoms with Crippen LogP contribution < -0.4 is 5.32 Å². The highest BCUT2D eigenvalue weighted by Crippen LogP contribution is 2.41. The third-order valence-electron chi connectivity index (χ3n) is 6.56. The Hall–Kier alpha value is -2.21. The van der Waals surface area contributed by atoms with Crippen LogP contribution in [-0.4, -0.2) is 34.1 Å². The van der Waals surface area contributed by atoms with Gasteiger partial charge in [0.1, 0.15) is 5.72 Å². The molecule has 1 saturated heterocycles. The molecule has 2 aromatic carbocycles. The minimum atomic E-state index is -1.11. The van der Waals surface area contributed by atoms with E-state index < -0.39 is 11.3 Å². The number of hydrogen-bond acceptors (Lipinski definition) is 4. The topological polar surface area (TPSA) is 72.8 Å². The van der Waals surface area contributed by atoms with Crippen LogP contribution in [0.25, 0.3) is 0 Å². The monoisotopic (exact) mass is 380 g/mol. The van der Waals surface area contributed by atoms with E-state index in [4.69, 9.17) is 0 Å². The Bertz CT molecular complexity index is 888. The fourth-order valence-electron chi connectivity index (χ4n) is 4.76. The summed E-state index contributed by atoms with van der Waals surface area (Å²) in [6.45, 7) is 5.17. The van der Waals surface area contributed by atoms with Crippen LogP contribution in [0.5, 0.6) is 0 Å². The van der Waals surface area contributed by atoms with Gasteiger partial charge in [-0.05, 0) is 48.9 Å². The predicted molar refractivity (Wildman–Crippen MR) is 109 cm³/mol. The molecule has 5 heteroatoms. The molecule has 0 aliphatic carbocycles. The first-order chi connectivity index (χ1) is 13.4. The Kier molecular flexibility index (Phi) is 4.78. The number of amides is 1. The van der Waals surface area contributed by atoms with Gasteiger partial charge in [0.25, 0.3) is 0 Å². The summed E-state index contributed by atoms with van der Waals surface area (Å²) in [4.78, 5) is 13.9. The smallest absolute Gasteiger partial charge is 0.228 e. The number of rotatable bonds is 4. The molecule has 1 amide bonds. The Morgan fingerprint density at radius 1 is 1.14 bits per heavy atom. The zero-order chi connectivity index (χ0) is 19.9. The largest absolute Gasteiger partial charge is 0.385 e. The lowest BCUT2D eigenvalue weighted by atomic mass is 9.82. The number of nitrogens with zero attached hydrogens (tertiary/aromatic N) is 1. The van der Waals surface area contributed by atoms with E-state index in [1.807, 2.05) is 56.3 Å². The zero-order valence-electron chi connectivity index (χ0n) is 16.5. The van der Waals surface area contributed by atoms with Gasteiger partial charge in [-0.1, -0.05) is 43.3 Å². The van der Waals surface area contributed by atoms with Gasteiger partial charge in [-0.2, -0.15) is 0 Å². The molecule has 148 valence electrons. The molecule has 28 heavy (non-hydrogen) atoms. The van der Waals surface area contributed by atoms with Crippen LogP contribution in [0.3, 0.4) is 0 Å². The highest BCUT2D eigenvalue weighted by atomic mass is 16.3. The van der Waals surface area contributed by atoms with Crippen molar-refractivity contribution in [2.45, 2.75) is 50.9 Å². The van der Waals surface area contributed by atoms with E-state index in [-0.39, 0.29) is 5.91 Å². The Balaban J connectivity index is 1.60. The van der Waals surface area contributed by atoms with Gasteiger partial charge in [-0.3, -0.25) is 9.69 Å². The van der Waals surface area contributed by atoms with Gasteiger partial charge in [0.05, 0.1) is 12.0 Å². The second-order valence-electron chi connectivity index (χ2n) is 8.04. The number of anilines is 1. The third kappa shape index (κ3) is 3.04. The molecule has 0 radical (unpaired) electrons. The summed E-state index contributed by atoms with van der Waals surface area (Å²) in [6, 6.07) is 13.6. The maximum Gasteiger partial charge on any atom is 0.228 e. The summed E-state index contributed by atoms with van der Waals surface area (Å²) in [5.74, 6) is 0.00110. The van der Waals surface area contributed by atoms with Gasteiger partial charge >= 0.3 is 0 Å². The average Bonchev–Trinajstić information content (AvgIpc) is 3.10. The zero-order valence-corrected chi connectivity index (χ0v) is 16.5. The first-order valence-electron chi connectivity index (χ1n) is 10.1. The first-order valence-corrected chi connectivity index (χ1v) is 10.1. The van der Waals surface area contributed by atoms with Gasteiger partial charge in [-0.15, -0.1) is 0 Å². The van der Waals surface area contributed by atoms with Crippen LogP contribution in [0.4, 0.5) is 5.69 Å². The molecular formula is C23H28N2O3. The fraction of sp³-hybridized carbons (Fsp3) is 0.435. The maximum absolute atomic E-state index is 11.8. The van der Waals surface area contributed by atoms with Crippen molar-refractivity contribution in [3.8, 4) is 0 Å². The van der Waals surface area contributed by atoms with E-state index >= 15 is 0 Å². The number of carbonyl (C=O) groups is 1. The number of aliphatic hydroxyl groups is 2. The minimum absolute atomic E-state index is 0.00110. The highest BCUT2D eigenvalue weighted by molar-refractivity contribution is 5.99. The lowest BCUT2D eigenvalue weighted by Crippen LogP contribution is -2.53. The van der Waals surface area contributed by atoms with Crippen LogP contribution in [0.1, 0.15) is 48.4 Å². The second kappa shape index (κ2) is 6.99. The summed E-state index contributed by atoms with van der Waals surface area (Å²) in [5, 5.41) is 25.7. The predicted octanol–water partition coefficient (Wildman–Crippen LogP) is 3.03. The van der Waals surface area contributed by atoms with Crippen LogP contribution in [0.2, 0.25) is 0 Å². The van der Waals surface area contributed by atoms with E-state index in [9.17, 15) is 15.0 Å². The molecule has 0 unspecified atom stereocenters. The van der Waals surface area contributed by atoms with Gasteiger partial charge in [-0.25, -0.2) is 0 Å². The lowest BCUT2D eigenvalue weighted by molar-refractivity contribution is -0.153. The third-order valence-corrected chi connectivity index (χ3v) is 6.56. The molecule has 2 heterocycles. The maximum atomic E-state index is 11.8. The van der Waals surface area contributed by atoms with Crippen LogP contribution in [-0.2, 0) is 22.5 Å². The summed E-state index contributed by atoms with van der Waals surface area (Å²) < 4.78 is 0. The average molecular weight is 380 g/mol. The van der Waals surface area contributed by atoms with E-state index in [0.717, 1.165) is 27.9 Å². The van der Waals surface area contributed by atoms with E-state index in [1.165, 1.54) is 0 Å². The Morgan fingerprint density at radius 2 is 1.82 bits per heavy atom. The van der Waals surface area contributed by atoms with E-state index in [1.54, 1.807) is 0 Å². The van der Waals surface area contributed by atoms with Crippen molar-refractivity contribution >= 4 is 11.6 Å². The fourth-order valence-corrected chi connectivity index (χ4v) is 4.76. The van der Waals surface area contributed by atoms with Crippen molar-refractivity contribution in [1.29, 1.82) is 0 Å². The van der Waals surface area contributed by atoms with Crippen LogP contribution >= 0.6 is 0 Å². The van der Waals surface area contributed by atoms with Gasteiger partial charge < -0.3 is 15.5 Å². The van der Waals surface area contributed by atoms with Crippen molar-refractivity contribution in [3.63, 3.8) is 0 Å². The Labute approximate surface area is 166 Å². The molecule has 1 fully saturated rings. The molecule has 0 aromatic heterocycles. The molecule has 0 bridgehead atoms. The Morgan fingerprint density at radius 3 is 2.46 bits per heavy atom. The van der Waals surface area contributed by atoms with Gasteiger partial charge in [0.15, 0.2) is 0 Å². The lowest BCUT2D eigenvalue weighted by Gasteiger charge is -2.47. The summed E-state index contributed by atoms with van der Waals surface area (Å²) in [5.41, 5.74) is 2.64. The highest BCUT2D eigenvalue weighted by Gasteiger charge is 2.43. The number of carbonyl (C=O) groups excluding carboxylic acids is 1. The van der Waals surface area contributed by atoms with E-state index in [2.05, 4.69) is 10.2 Å². The van der Waals surface area contributed by atoms with Crippen LogP contribution in [0, 0.1) is 6.92 Å². The van der Waals surface area contributed by atoms with Crippen molar-refractivity contribution in [2.75, 3.05) is 18.4 Å². The second-order valence-corrected chi connectivity index (χ2v) is 8.04. The number of fused-ring (bicyclic) bond motifs is 1. The molecule has 2 aromatic rings. The summed E-state index contributed by atoms with van der Waals surface area (Å²) >= 11 is 0. The molecule has 0 spiro atoms. The summed E-state index contributed by atoms with van der Waals surface area (Å²) in [6.07, 6.45) is 2.05. The van der Waals surface area contributed by atoms with Crippen molar-refractivity contribution in [3.05, 3.63) is 64.7 Å². The molecule has 5 nitrogen and oxygen atoms in total. The molecule has 4 rings (SSSR count). The normalized spacial score (nSPS) is 21.1. The summed E-state index contributed by atoms with van der Waals surface area (Å²) in [7, 11) is 0. The standard InChI is InChI=1S/C23H28N2O3/c1-3-23(28,19-9-10-20-18(16(19)2)15-21(26)24-20)25-13-11-22(27,12-14-25)17-7-5-4-6-8-17/h4-10,27-28H,3,11-15H2,1-2H3,(H,24,26)/t23-/m0/s1. The van der Waals surface area contributed by atoms with Gasteiger partial charge in [0, 0.05) is 24.3 Å². The number of likely N-dealkylation sites (tertiary alicyclic amines) is 1. The SMILES string of the molecule is CC[C@](O)(c1ccc2c(c1C)CC(=O)N2)N1CCC(O)(c2ccccc2)CC1. The van der Waals surface area contributed by atoms with Gasteiger partial charge in [0.2, 0.25) is 5.91 Å². The number of nitrogens with one attached hydrogen (secondary N) is 1. The van der Waals surface area contributed by atoms with E-state index in [0.29, 0.717) is 38.8 Å². The van der Waals surface area contributed by atoms with Crippen molar-refractivity contribution in [1.82, 2.24) is 4.90 Å². The minimum Gasteiger partial charge on any atom is -0.385 e.